The summed E-state index contributed by atoms with van der Waals surface area (Å²) >= 11 is 0. The van der Waals surface area contributed by atoms with E-state index in [2.05, 4.69) is 10.2 Å². The first-order chi connectivity index (χ1) is 10.1. The van der Waals surface area contributed by atoms with Crippen LogP contribution in [-0.4, -0.2) is 45.3 Å². The number of ether oxygens (including phenoxy) is 1. The molecule has 118 valence electrons. The minimum atomic E-state index is -0.522. The van der Waals surface area contributed by atoms with E-state index in [0.717, 1.165) is 45.1 Å². The Hall–Kier alpha value is -1.04. The molecule has 0 saturated carbocycles. The highest BCUT2D eigenvalue weighted by Gasteiger charge is 2.23. The summed E-state index contributed by atoms with van der Waals surface area (Å²) in [5.74, 6) is -0.437. The number of methoxy groups -OCH3 is 1. The third-order valence-electron chi connectivity index (χ3n) is 4.14. The molecule has 1 saturated heterocycles. The van der Waals surface area contributed by atoms with Crippen LogP contribution in [-0.2, 0) is 4.74 Å². The van der Waals surface area contributed by atoms with Gasteiger partial charge in [0.1, 0.15) is 11.6 Å². The molecule has 1 aliphatic rings. The maximum Gasteiger partial charge on any atom is 0.126 e. The summed E-state index contributed by atoms with van der Waals surface area (Å²) in [5.41, 5.74) is 0.669. The SMILES string of the molecule is CNC(CCN1CCC(COC)C1)c1cc(F)cc(F)c1. The summed E-state index contributed by atoms with van der Waals surface area (Å²) in [5, 5.41) is 3.15. The highest BCUT2D eigenvalue weighted by molar-refractivity contribution is 5.21. The summed E-state index contributed by atoms with van der Waals surface area (Å²) < 4.78 is 31.8. The fourth-order valence-electron chi connectivity index (χ4n) is 3.05. The lowest BCUT2D eigenvalue weighted by molar-refractivity contribution is 0.153. The second-order valence-electron chi connectivity index (χ2n) is 5.74. The average Bonchev–Trinajstić information content (AvgIpc) is 2.86. The molecule has 1 aromatic rings. The second kappa shape index (κ2) is 7.82. The molecule has 1 fully saturated rings. The lowest BCUT2D eigenvalue weighted by Crippen LogP contribution is -2.27. The van der Waals surface area contributed by atoms with Crippen LogP contribution >= 0.6 is 0 Å². The average molecular weight is 298 g/mol. The van der Waals surface area contributed by atoms with Gasteiger partial charge in [0, 0.05) is 25.8 Å². The van der Waals surface area contributed by atoms with Crippen LogP contribution < -0.4 is 5.32 Å². The van der Waals surface area contributed by atoms with Crippen molar-refractivity contribution in [3.8, 4) is 0 Å². The van der Waals surface area contributed by atoms with Crippen molar-refractivity contribution in [2.45, 2.75) is 18.9 Å². The topological polar surface area (TPSA) is 24.5 Å². The number of hydrogen-bond acceptors (Lipinski definition) is 3. The standard InChI is InChI=1S/C16H24F2N2O/c1-19-16(13-7-14(17)9-15(18)8-13)4-6-20-5-3-12(10-20)11-21-2/h7-9,12,16,19H,3-6,10-11H2,1-2H3. The Morgan fingerprint density at radius 2 is 2.05 bits per heavy atom. The van der Waals surface area contributed by atoms with Crippen molar-refractivity contribution < 1.29 is 13.5 Å². The van der Waals surface area contributed by atoms with E-state index in [1.54, 1.807) is 7.11 Å². The minimum Gasteiger partial charge on any atom is -0.384 e. The predicted molar refractivity (Wildman–Crippen MR) is 79.2 cm³/mol. The molecule has 0 aliphatic carbocycles. The summed E-state index contributed by atoms with van der Waals surface area (Å²) in [7, 11) is 3.56. The molecule has 2 atom stereocenters. The van der Waals surface area contributed by atoms with Gasteiger partial charge in [-0.1, -0.05) is 0 Å². The molecular formula is C16H24F2N2O. The smallest absolute Gasteiger partial charge is 0.126 e. The van der Waals surface area contributed by atoms with Crippen LogP contribution in [0.15, 0.2) is 18.2 Å². The van der Waals surface area contributed by atoms with E-state index < -0.39 is 11.6 Å². The summed E-state index contributed by atoms with van der Waals surface area (Å²) in [4.78, 5) is 2.39. The molecule has 0 spiro atoms. The zero-order valence-corrected chi connectivity index (χ0v) is 12.7. The first-order valence-electron chi connectivity index (χ1n) is 7.47. The molecule has 0 aromatic heterocycles. The van der Waals surface area contributed by atoms with E-state index in [0.29, 0.717) is 11.5 Å². The van der Waals surface area contributed by atoms with Gasteiger partial charge in [-0.3, -0.25) is 0 Å². The van der Waals surface area contributed by atoms with Gasteiger partial charge in [0.25, 0.3) is 0 Å². The maximum atomic E-state index is 13.3. The second-order valence-corrected chi connectivity index (χ2v) is 5.74. The van der Waals surface area contributed by atoms with E-state index in [4.69, 9.17) is 4.74 Å². The van der Waals surface area contributed by atoms with Gasteiger partial charge in [-0.05, 0) is 56.6 Å². The quantitative estimate of drug-likeness (QED) is 0.837. The molecule has 2 unspecified atom stereocenters. The Morgan fingerprint density at radius 3 is 2.67 bits per heavy atom. The van der Waals surface area contributed by atoms with Gasteiger partial charge in [-0.25, -0.2) is 8.78 Å². The van der Waals surface area contributed by atoms with Gasteiger partial charge < -0.3 is 15.0 Å². The number of nitrogens with zero attached hydrogens (tertiary/aromatic N) is 1. The van der Waals surface area contributed by atoms with Crippen molar-refractivity contribution in [1.29, 1.82) is 0 Å². The minimum absolute atomic E-state index is 0.0309. The van der Waals surface area contributed by atoms with Crippen molar-refractivity contribution in [1.82, 2.24) is 10.2 Å². The lowest BCUT2D eigenvalue weighted by atomic mass is 10.0. The van der Waals surface area contributed by atoms with E-state index in [1.807, 2.05) is 7.05 Å². The number of rotatable bonds is 7. The highest BCUT2D eigenvalue weighted by atomic mass is 19.1. The molecular weight excluding hydrogens is 274 g/mol. The number of benzene rings is 1. The third-order valence-corrected chi connectivity index (χ3v) is 4.14. The molecule has 1 heterocycles. The summed E-state index contributed by atoms with van der Waals surface area (Å²) in [6, 6.07) is 3.69. The molecule has 0 amide bonds. The van der Waals surface area contributed by atoms with E-state index in [-0.39, 0.29) is 6.04 Å². The van der Waals surface area contributed by atoms with Crippen molar-refractivity contribution >= 4 is 0 Å². The predicted octanol–water partition coefficient (Wildman–Crippen LogP) is 2.58. The molecule has 5 heteroatoms. The van der Waals surface area contributed by atoms with Crippen LogP contribution in [0.1, 0.15) is 24.4 Å². The van der Waals surface area contributed by atoms with Gasteiger partial charge in [0.2, 0.25) is 0 Å². The monoisotopic (exact) mass is 298 g/mol. The summed E-state index contributed by atoms with van der Waals surface area (Å²) in [6.07, 6.45) is 1.99. The van der Waals surface area contributed by atoms with Gasteiger partial charge >= 0.3 is 0 Å². The van der Waals surface area contributed by atoms with Crippen LogP contribution in [0, 0.1) is 17.6 Å². The number of likely N-dealkylation sites (tertiary alicyclic amines) is 1. The first-order valence-corrected chi connectivity index (χ1v) is 7.47. The molecule has 1 aliphatic heterocycles. The van der Waals surface area contributed by atoms with E-state index in [1.165, 1.54) is 12.1 Å². The van der Waals surface area contributed by atoms with Gasteiger partial charge in [0.15, 0.2) is 0 Å². The first kappa shape index (κ1) is 16.3. The molecule has 0 radical (unpaired) electrons. The molecule has 1 aromatic carbocycles. The van der Waals surface area contributed by atoms with Crippen LogP contribution in [0.5, 0.6) is 0 Å². The number of nitrogens with one attached hydrogen (secondary N) is 1. The molecule has 2 rings (SSSR count). The van der Waals surface area contributed by atoms with Crippen LogP contribution in [0.3, 0.4) is 0 Å². The Kier molecular flexibility index (Phi) is 6.08. The molecule has 1 N–H and O–H groups in total. The molecule has 3 nitrogen and oxygen atoms in total. The van der Waals surface area contributed by atoms with Crippen molar-refractivity contribution in [2.24, 2.45) is 5.92 Å². The van der Waals surface area contributed by atoms with Crippen molar-refractivity contribution in [3.05, 3.63) is 35.4 Å². The fourth-order valence-corrected chi connectivity index (χ4v) is 3.05. The van der Waals surface area contributed by atoms with Crippen LogP contribution in [0.25, 0.3) is 0 Å². The van der Waals surface area contributed by atoms with Crippen LogP contribution in [0.4, 0.5) is 8.78 Å². The number of halogens is 2. The Bertz CT molecular complexity index is 436. The molecule has 21 heavy (non-hydrogen) atoms. The Labute approximate surface area is 125 Å². The fraction of sp³-hybridized carbons (Fsp3) is 0.625. The van der Waals surface area contributed by atoms with Gasteiger partial charge in [-0.15, -0.1) is 0 Å². The van der Waals surface area contributed by atoms with E-state index in [9.17, 15) is 8.78 Å². The highest BCUT2D eigenvalue weighted by Crippen LogP contribution is 2.22. The third kappa shape index (κ3) is 4.73. The van der Waals surface area contributed by atoms with Crippen LogP contribution in [0.2, 0.25) is 0 Å². The van der Waals surface area contributed by atoms with Gasteiger partial charge in [0.05, 0.1) is 6.61 Å². The van der Waals surface area contributed by atoms with E-state index >= 15 is 0 Å². The normalized spacial score (nSPS) is 20.9. The summed E-state index contributed by atoms with van der Waals surface area (Å²) in [6.45, 7) is 3.84. The zero-order chi connectivity index (χ0) is 15.2. The number of hydrogen-bond donors (Lipinski definition) is 1. The molecule has 0 bridgehead atoms. The largest absolute Gasteiger partial charge is 0.384 e. The van der Waals surface area contributed by atoms with Crippen molar-refractivity contribution in [3.63, 3.8) is 0 Å². The van der Waals surface area contributed by atoms with Crippen molar-refractivity contribution in [2.75, 3.05) is 40.4 Å². The maximum absolute atomic E-state index is 13.3. The zero-order valence-electron chi connectivity index (χ0n) is 12.7. The lowest BCUT2D eigenvalue weighted by Gasteiger charge is -2.21. The Balaban J connectivity index is 1.88. The van der Waals surface area contributed by atoms with Gasteiger partial charge in [-0.2, -0.15) is 0 Å². The Morgan fingerprint density at radius 1 is 1.33 bits per heavy atom.